The third-order valence-corrected chi connectivity index (χ3v) is 4.95. The van der Waals surface area contributed by atoms with Crippen LogP contribution in [-0.4, -0.2) is 28.3 Å². The molecule has 0 radical (unpaired) electrons. The number of benzene rings is 2. The average Bonchev–Trinajstić information content (AvgIpc) is 2.91. The van der Waals surface area contributed by atoms with E-state index in [1.807, 2.05) is 30.3 Å². The van der Waals surface area contributed by atoms with Gasteiger partial charge in [-0.25, -0.2) is 0 Å². The molecule has 0 unspecified atom stereocenters. The number of nitro groups is 1. The molecule has 4 rings (SSSR count). The monoisotopic (exact) mass is 402 g/mol. The summed E-state index contributed by atoms with van der Waals surface area (Å²) in [7, 11) is 0. The number of nitrogens with zero attached hydrogens (tertiary/aromatic N) is 4. The molecule has 0 saturated heterocycles. The number of rotatable bonds is 4. The van der Waals surface area contributed by atoms with E-state index in [0.717, 1.165) is 5.56 Å². The number of nitro benzene ring substituents is 1. The summed E-state index contributed by atoms with van der Waals surface area (Å²) in [4.78, 5) is 43.8. The van der Waals surface area contributed by atoms with Gasteiger partial charge < -0.3 is 9.80 Å². The van der Waals surface area contributed by atoms with Gasteiger partial charge in [-0.05, 0) is 35.9 Å². The number of carbonyl (C=O) groups is 2. The molecular weight excluding hydrogens is 384 g/mol. The van der Waals surface area contributed by atoms with E-state index < -0.39 is 4.92 Å². The van der Waals surface area contributed by atoms with Crippen molar-refractivity contribution in [2.75, 3.05) is 16.3 Å². The van der Waals surface area contributed by atoms with E-state index in [1.165, 1.54) is 24.3 Å². The van der Waals surface area contributed by atoms with Crippen molar-refractivity contribution in [3.8, 4) is 0 Å². The molecule has 2 heterocycles. The lowest BCUT2D eigenvalue weighted by molar-refractivity contribution is -0.384. The normalized spacial score (nSPS) is 13.5. The molecule has 0 aliphatic carbocycles. The minimum atomic E-state index is -0.509. The second-order valence-corrected chi connectivity index (χ2v) is 6.84. The van der Waals surface area contributed by atoms with Gasteiger partial charge in [0.2, 0.25) is 5.91 Å². The van der Waals surface area contributed by atoms with Gasteiger partial charge in [0.1, 0.15) is 0 Å². The van der Waals surface area contributed by atoms with Crippen LogP contribution in [0.3, 0.4) is 0 Å². The number of hydrogen-bond donors (Lipinski definition) is 0. The van der Waals surface area contributed by atoms with Gasteiger partial charge in [-0.1, -0.05) is 18.2 Å². The van der Waals surface area contributed by atoms with Gasteiger partial charge in [-0.3, -0.25) is 24.7 Å². The number of para-hydroxylation sites is 2. The molecule has 1 aromatic heterocycles. The topological polar surface area (TPSA) is 96.6 Å². The number of anilines is 2. The van der Waals surface area contributed by atoms with Crippen LogP contribution in [0.1, 0.15) is 22.3 Å². The maximum Gasteiger partial charge on any atom is 0.269 e. The third kappa shape index (κ3) is 3.75. The van der Waals surface area contributed by atoms with Crippen molar-refractivity contribution in [1.82, 2.24) is 4.98 Å². The SMILES string of the molecule is O=C1CCN(C(=O)c2ccc([N+](=O)[O-])cc2)c2ccccc2N1Cc1cccnc1. The Labute approximate surface area is 172 Å². The number of pyridine rings is 1. The number of aromatic nitrogens is 1. The second-order valence-electron chi connectivity index (χ2n) is 6.84. The molecule has 0 N–H and O–H groups in total. The Morgan fingerprint density at radius 1 is 1.03 bits per heavy atom. The molecule has 0 fully saturated rings. The smallest absolute Gasteiger partial charge is 0.269 e. The standard InChI is InChI=1S/C22H18N4O4/c27-21-11-13-24(22(28)17-7-9-18(10-8-17)26(29)30)19-5-1-2-6-20(19)25(21)15-16-4-3-12-23-14-16/h1-10,12,14H,11,13,15H2. The highest BCUT2D eigenvalue weighted by molar-refractivity contribution is 6.11. The molecule has 2 amide bonds. The first-order chi connectivity index (χ1) is 14.5. The lowest BCUT2D eigenvalue weighted by atomic mass is 10.1. The molecule has 150 valence electrons. The minimum Gasteiger partial charge on any atom is -0.306 e. The van der Waals surface area contributed by atoms with Crippen molar-refractivity contribution in [2.24, 2.45) is 0 Å². The Bertz CT molecular complexity index is 1100. The first-order valence-corrected chi connectivity index (χ1v) is 9.39. The summed E-state index contributed by atoms with van der Waals surface area (Å²) in [6.07, 6.45) is 3.54. The van der Waals surface area contributed by atoms with Crippen molar-refractivity contribution in [3.63, 3.8) is 0 Å². The number of fused-ring (bicyclic) bond motifs is 1. The summed E-state index contributed by atoms with van der Waals surface area (Å²) < 4.78 is 0. The summed E-state index contributed by atoms with van der Waals surface area (Å²) in [6, 6.07) is 16.4. The molecule has 30 heavy (non-hydrogen) atoms. The van der Waals surface area contributed by atoms with Crippen LogP contribution in [0.2, 0.25) is 0 Å². The predicted octanol–water partition coefficient (Wildman–Crippen LogP) is 3.57. The van der Waals surface area contributed by atoms with Crippen LogP contribution in [0.4, 0.5) is 17.1 Å². The predicted molar refractivity (Wildman–Crippen MR) is 111 cm³/mol. The van der Waals surface area contributed by atoms with E-state index in [-0.39, 0.29) is 30.5 Å². The maximum atomic E-state index is 13.2. The molecular formula is C22H18N4O4. The summed E-state index contributed by atoms with van der Waals surface area (Å²) in [5.74, 6) is -0.404. The lowest BCUT2D eigenvalue weighted by Gasteiger charge is -2.25. The number of hydrogen-bond acceptors (Lipinski definition) is 5. The maximum absolute atomic E-state index is 13.2. The molecule has 1 aliphatic rings. The summed E-state index contributed by atoms with van der Waals surface area (Å²) in [6.45, 7) is 0.568. The zero-order valence-electron chi connectivity index (χ0n) is 16.0. The highest BCUT2D eigenvalue weighted by Crippen LogP contribution is 2.34. The van der Waals surface area contributed by atoms with Crippen molar-refractivity contribution in [2.45, 2.75) is 13.0 Å². The molecule has 3 aromatic rings. The molecule has 8 heteroatoms. The first kappa shape index (κ1) is 19.3. The van der Waals surface area contributed by atoms with E-state index >= 15 is 0 Å². The van der Waals surface area contributed by atoms with Gasteiger partial charge in [-0.2, -0.15) is 0 Å². The van der Waals surface area contributed by atoms with Crippen molar-refractivity contribution < 1.29 is 14.5 Å². The van der Waals surface area contributed by atoms with E-state index in [1.54, 1.807) is 28.3 Å². The van der Waals surface area contributed by atoms with E-state index in [4.69, 9.17) is 0 Å². The molecule has 0 spiro atoms. The summed E-state index contributed by atoms with van der Waals surface area (Å²) in [5, 5.41) is 10.9. The fourth-order valence-corrected chi connectivity index (χ4v) is 3.46. The fraction of sp³-hybridized carbons (Fsp3) is 0.136. The number of carbonyl (C=O) groups excluding carboxylic acids is 2. The Kier molecular flexibility index (Phi) is 5.21. The van der Waals surface area contributed by atoms with Gasteiger partial charge in [0.05, 0.1) is 22.8 Å². The quantitative estimate of drug-likeness (QED) is 0.491. The van der Waals surface area contributed by atoms with Crippen molar-refractivity contribution in [1.29, 1.82) is 0 Å². The zero-order valence-corrected chi connectivity index (χ0v) is 16.0. The fourth-order valence-electron chi connectivity index (χ4n) is 3.46. The van der Waals surface area contributed by atoms with E-state index in [0.29, 0.717) is 23.5 Å². The van der Waals surface area contributed by atoms with Gasteiger partial charge in [-0.15, -0.1) is 0 Å². The summed E-state index contributed by atoms with van der Waals surface area (Å²) >= 11 is 0. The first-order valence-electron chi connectivity index (χ1n) is 9.39. The van der Waals surface area contributed by atoms with Crippen LogP contribution >= 0.6 is 0 Å². The highest BCUT2D eigenvalue weighted by atomic mass is 16.6. The van der Waals surface area contributed by atoms with E-state index in [2.05, 4.69) is 4.98 Å². The lowest BCUT2D eigenvalue weighted by Crippen LogP contribution is -2.32. The number of amides is 2. The van der Waals surface area contributed by atoms with Crippen LogP contribution in [0.25, 0.3) is 0 Å². The molecule has 1 aliphatic heterocycles. The van der Waals surface area contributed by atoms with Crippen LogP contribution in [-0.2, 0) is 11.3 Å². The van der Waals surface area contributed by atoms with Gasteiger partial charge in [0, 0.05) is 43.1 Å². The molecule has 0 saturated carbocycles. The summed E-state index contributed by atoms with van der Waals surface area (Å²) in [5.41, 5.74) is 2.38. The highest BCUT2D eigenvalue weighted by Gasteiger charge is 2.29. The largest absolute Gasteiger partial charge is 0.306 e. The Morgan fingerprint density at radius 2 is 1.77 bits per heavy atom. The van der Waals surface area contributed by atoms with Crippen molar-refractivity contribution in [3.05, 3.63) is 94.3 Å². The van der Waals surface area contributed by atoms with Gasteiger partial charge >= 0.3 is 0 Å². The van der Waals surface area contributed by atoms with Crippen LogP contribution in [0.15, 0.2) is 73.1 Å². The van der Waals surface area contributed by atoms with Gasteiger partial charge in [0.15, 0.2) is 0 Å². The third-order valence-electron chi connectivity index (χ3n) is 4.95. The molecule has 8 nitrogen and oxygen atoms in total. The average molecular weight is 402 g/mol. The van der Waals surface area contributed by atoms with Gasteiger partial charge in [0.25, 0.3) is 11.6 Å². The number of non-ortho nitro benzene ring substituents is 1. The second kappa shape index (κ2) is 8.12. The molecule has 0 bridgehead atoms. The van der Waals surface area contributed by atoms with Crippen molar-refractivity contribution >= 4 is 28.9 Å². The Hall–Kier alpha value is -4.07. The minimum absolute atomic E-state index is 0.0827. The molecule has 0 atom stereocenters. The van der Waals surface area contributed by atoms with Crippen LogP contribution in [0, 0.1) is 10.1 Å². The van der Waals surface area contributed by atoms with Crippen LogP contribution < -0.4 is 9.80 Å². The van der Waals surface area contributed by atoms with E-state index in [9.17, 15) is 19.7 Å². The molecule has 2 aromatic carbocycles. The Morgan fingerprint density at radius 3 is 2.43 bits per heavy atom. The zero-order chi connectivity index (χ0) is 21.1. The van der Waals surface area contributed by atoms with Crippen LogP contribution in [0.5, 0.6) is 0 Å². The Balaban J connectivity index is 1.69.